The first kappa shape index (κ1) is 12.2. The van der Waals surface area contributed by atoms with E-state index in [-0.39, 0.29) is 17.6 Å². The van der Waals surface area contributed by atoms with E-state index in [0.717, 1.165) is 25.7 Å². The smallest absolute Gasteiger partial charge is 0.0527 e. The normalized spacial score (nSPS) is 24.8. The van der Waals surface area contributed by atoms with Crippen LogP contribution in [0.15, 0.2) is 24.3 Å². The number of nitrogens with two attached hydrogens (primary N) is 1. The van der Waals surface area contributed by atoms with E-state index in [0.29, 0.717) is 0 Å². The largest absolute Gasteiger partial charge is 0.395 e. The lowest BCUT2D eigenvalue weighted by atomic mass is 9.76. The Bertz CT molecular complexity index is 430. The van der Waals surface area contributed by atoms with Crippen molar-refractivity contribution in [3.8, 4) is 0 Å². The zero-order valence-electron chi connectivity index (χ0n) is 11.0. The molecule has 2 aliphatic carbocycles. The highest BCUT2D eigenvalue weighted by molar-refractivity contribution is 5.37. The van der Waals surface area contributed by atoms with Gasteiger partial charge >= 0.3 is 0 Å². The molecule has 2 heteroatoms. The zero-order chi connectivity index (χ0) is 12.6. The van der Waals surface area contributed by atoms with E-state index in [1.807, 2.05) is 0 Å². The van der Waals surface area contributed by atoms with Gasteiger partial charge in [-0.05, 0) is 36.8 Å². The second-order valence-corrected chi connectivity index (χ2v) is 6.24. The van der Waals surface area contributed by atoms with Crippen LogP contribution in [-0.2, 0) is 11.0 Å². The van der Waals surface area contributed by atoms with Crippen LogP contribution in [0.2, 0.25) is 0 Å². The molecule has 18 heavy (non-hydrogen) atoms. The molecule has 0 atom stereocenters. The van der Waals surface area contributed by atoms with Crippen molar-refractivity contribution >= 4 is 0 Å². The molecule has 2 fully saturated rings. The van der Waals surface area contributed by atoms with E-state index in [9.17, 15) is 5.11 Å². The lowest BCUT2D eigenvalue weighted by Gasteiger charge is -2.34. The zero-order valence-corrected chi connectivity index (χ0v) is 11.0. The SMILES string of the molecule is NC1(c2cccc(C3(CO)CC3)c2)CCCCC1. The summed E-state index contributed by atoms with van der Waals surface area (Å²) in [4.78, 5) is 0. The maximum Gasteiger partial charge on any atom is 0.0527 e. The summed E-state index contributed by atoms with van der Waals surface area (Å²) >= 11 is 0. The molecule has 3 rings (SSSR count). The highest BCUT2D eigenvalue weighted by Crippen LogP contribution is 2.48. The summed E-state index contributed by atoms with van der Waals surface area (Å²) in [5.74, 6) is 0. The van der Waals surface area contributed by atoms with Gasteiger partial charge in [0, 0.05) is 11.0 Å². The third kappa shape index (κ3) is 1.98. The summed E-state index contributed by atoms with van der Waals surface area (Å²) in [5.41, 5.74) is 9.09. The number of hydrogen-bond acceptors (Lipinski definition) is 2. The van der Waals surface area contributed by atoms with E-state index in [2.05, 4.69) is 24.3 Å². The molecule has 98 valence electrons. The molecule has 0 unspecified atom stereocenters. The average molecular weight is 245 g/mol. The van der Waals surface area contributed by atoms with Crippen molar-refractivity contribution < 1.29 is 5.11 Å². The molecule has 2 saturated carbocycles. The first-order valence-electron chi connectivity index (χ1n) is 7.19. The Balaban J connectivity index is 1.91. The summed E-state index contributed by atoms with van der Waals surface area (Å²) < 4.78 is 0. The van der Waals surface area contributed by atoms with Crippen LogP contribution >= 0.6 is 0 Å². The minimum atomic E-state index is -0.125. The lowest BCUT2D eigenvalue weighted by molar-refractivity contribution is 0.254. The molecule has 0 radical (unpaired) electrons. The lowest BCUT2D eigenvalue weighted by Crippen LogP contribution is -2.38. The molecule has 0 spiro atoms. The topological polar surface area (TPSA) is 46.2 Å². The first-order chi connectivity index (χ1) is 8.69. The van der Waals surface area contributed by atoms with Crippen LogP contribution in [0.1, 0.15) is 56.1 Å². The van der Waals surface area contributed by atoms with Crippen molar-refractivity contribution in [1.82, 2.24) is 0 Å². The summed E-state index contributed by atoms with van der Waals surface area (Å²) in [6.45, 7) is 0.272. The molecule has 2 aliphatic rings. The van der Waals surface area contributed by atoms with Gasteiger partial charge in [-0.3, -0.25) is 0 Å². The molecule has 0 bridgehead atoms. The highest BCUT2D eigenvalue weighted by atomic mass is 16.3. The van der Waals surface area contributed by atoms with Gasteiger partial charge in [0.1, 0.15) is 0 Å². The van der Waals surface area contributed by atoms with Crippen molar-refractivity contribution in [2.24, 2.45) is 5.73 Å². The second-order valence-electron chi connectivity index (χ2n) is 6.24. The molecule has 2 nitrogen and oxygen atoms in total. The molecular weight excluding hydrogens is 222 g/mol. The fraction of sp³-hybridized carbons (Fsp3) is 0.625. The predicted octanol–water partition coefficient (Wildman–Crippen LogP) is 2.83. The van der Waals surface area contributed by atoms with E-state index in [1.165, 1.54) is 30.4 Å². The van der Waals surface area contributed by atoms with Gasteiger partial charge in [0.15, 0.2) is 0 Å². The van der Waals surface area contributed by atoms with Gasteiger partial charge in [-0.1, -0.05) is 43.5 Å². The van der Waals surface area contributed by atoms with Crippen LogP contribution < -0.4 is 5.73 Å². The van der Waals surface area contributed by atoms with Crippen molar-refractivity contribution in [2.75, 3.05) is 6.61 Å². The molecule has 1 aromatic carbocycles. The maximum atomic E-state index is 9.54. The predicted molar refractivity (Wildman–Crippen MR) is 73.4 cm³/mol. The average Bonchev–Trinajstić information content (AvgIpc) is 3.21. The van der Waals surface area contributed by atoms with Gasteiger partial charge in [0.05, 0.1) is 6.61 Å². The molecule has 1 aromatic rings. The quantitative estimate of drug-likeness (QED) is 0.860. The van der Waals surface area contributed by atoms with E-state index >= 15 is 0 Å². The van der Waals surface area contributed by atoms with Gasteiger partial charge < -0.3 is 10.8 Å². The fourth-order valence-electron chi connectivity index (χ4n) is 3.32. The summed E-state index contributed by atoms with van der Waals surface area (Å²) in [6, 6.07) is 8.69. The van der Waals surface area contributed by atoms with Crippen molar-refractivity contribution in [3.05, 3.63) is 35.4 Å². The molecule has 0 heterocycles. The van der Waals surface area contributed by atoms with Crippen molar-refractivity contribution in [1.29, 1.82) is 0 Å². The Morgan fingerprint density at radius 3 is 2.28 bits per heavy atom. The summed E-state index contributed by atoms with van der Waals surface area (Å²) in [7, 11) is 0. The monoisotopic (exact) mass is 245 g/mol. The molecule has 0 aromatic heterocycles. The van der Waals surface area contributed by atoms with Gasteiger partial charge in [-0.15, -0.1) is 0 Å². The molecule has 0 amide bonds. The molecule has 0 aliphatic heterocycles. The van der Waals surface area contributed by atoms with E-state index < -0.39 is 0 Å². The number of hydrogen-bond donors (Lipinski definition) is 2. The van der Waals surface area contributed by atoms with Crippen LogP contribution in [0, 0.1) is 0 Å². The van der Waals surface area contributed by atoms with Crippen LogP contribution in [-0.4, -0.2) is 11.7 Å². The third-order valence-electron chi connectivity index (χ3n) is 4.95. The van der Waals surface area contributed by atoms with Crippen LogP contribution in [0.25, 0.3) is 0 Å². The van der Waals surface area contributed by atoms with Crippen LogP contribution in [0.3, 0.4) is 0 Å². The first-order valence-corrected chi connectivity index (χ1v) is 7.19. The number of benzene rings is 1. The second kappa shape index (κ2) is 4.36. The molecule has 3 N–H and O–H groups in total. The maximum absolute atomic E-state index is 9.54. The van der Waals surface area contributed by atoms with E-state index in [1.54, 1.807) is 0 Å². The van der Waals surface area contributed by atoms with Crippen LogP contribution in [0.5, 0.6) is 0 Å². The van der Waals surface area contributed by atoms with Gasteiger partial charge in [0.2, 0.25) is 0 Å². The van der Waals surface area contributed by atoms with Crippen LogP contribution in [0.4, 0.5) is 0 Å². The van der Waals surface area contributed by atoms with Gasteiger partial charge in [-0.25, -0.2) is 0 Å². The minimum absolute atomic E-state index is 0.0566. The summed E-state index contributed by atoms with van der Waals surface area (Å²) in [5, 5.41) is 9.54. The molecular formula is C16H23NO. The standard InChI is InChI=1S/C16H23NO/c17-16(7-2-1-3-8-16)14-6-4-5-13(11-14)15(12-18)9-10-15/h4-6,11,18H,1-3,7-10,12,17H2. The van der Waals surface area contributed by atoms with Crippen molar-refractivity contribution in [3.63, 3.8) is 0 Å². The van der Waals surface area contributed by atoms with Gasteiger partial charge in [0.25, 0.3) is 0 Å². The number of aliphatic hydroxyl groups is 1. The van der Waals surface area contributed by atoms with Gasteiger partial charge in [-0.2, -0.15) is 0 Å². The number of aliphatic hydroxyl groups excluding tert-OH is 1. The Morgan fingerprint density at radius 1 is 1.00 bits per heavy atom. The number of rotatable bonds is 3. The van der Waals surface area contributed by atoms with Crippen molar-refractivity contribution in [2.45, 2.75) is 55.9 Å². The highest BCUT2D eigenvalue weighted by Gasteiger charge is 2.44. The Labute approximate surface area is 109 Å². The Morgan fingerprint density at radius 2 is 1.67 bits per heavy atom. The Kier molecular flexibility index (Phi) is 2.95. The summed E-state index contributed by atoms with van der Waals surface area (Å²) in [6.07, 6.45) is 8.23. The van der Waals surface area contributed by atoms with E-state index in [4.69, 9.17) is 5.73 Å². The minimum Gasteiger partial charge on any atom is -0.395 e. The fourth-order valence-corrected chi connectivity index (χ4v) is 3.32. The Hall–Kier alpha value is -0.860. The molecule has 0 saturated heterocycles. The third-order valence-corrected chi connectivity index (χ3v) is 4.95.